The number of alkyl halides is 1. The molecule has 86 valence electrons. The lowest BCUT2D eigenvalue weighted by Gasteiger charge is -2.31. The van der Waals surface area contributed by atoms with E-state index in [0.29, 0.717) is 11.3 Å². The monoisotopic (exact) mass is 241 g/mol. The second-order valence-corrected chi connectivity index (χ2v) is 4.60. The van der Waals surface area contributed by atoms with Crippen LogP contribution in [-0.4, -0.2) is 16.4 Å². The van der Waals surface area contributed by atoms with Crippen LogP contribution in [0.5, 0.6) is 5.75 Å². The van der Waals surface area contributed by atoms with Crippen LogP contribution in [0, 0.1) is 17.0 Å². The van der Waals surface area contributed by atoms with E-state index in [0.717, 1.165) is 12.8 Å². The van der Waals surface area contributed by atoms with Gasteiger partial charge >= 0.3 is 5.69 Å². The van der Waals surface area contributed by atoms with Crippen molar-refractivity contribution in [1.29, 1.82) is 0 Å². The number of halogens is 1. The van der Waals surface area contributed by atoms with Crippen LogP contribution in [0.2, 0.25) is 0 Å². The lowest BCUT2D eigenvalue weighted by Crippen LogP contribution is -2.34. The van der Waals surface area contributed by atoms with Crippen molar-refractivity contribution in [2.45, 2.75) is 31.2 Å². The molecule has 1 aliphatic carbocycles. The predicted octanol–water partition coefficient (Wildman–Crippen LogP) is 3.05. The van der Waals surface area contributed by atoms with Gasteiger partial charge < -0.3 is 4.74 Å². The summed E-state index contributed by atoms with van der Waals surface area (Å²) in [6.07, 6.45) is 1.53. The number of nitrogens with zero attached hydrogens (tertiary/aromatic N) is 1. The largest absolute Gasteiger partial charge is 0.483 e. The molecule has 0 aliphatic heterocycles. The minimum Gasteiger partial charge on any atom is -0.483 e. The maximum absolute atomic E-state index is 10.9. The van der Waals surface area contributed by atoms with Gasteiger partial charge in [0.25, 0.3) is 0 Å². The third-order valence-electron chi connectivity index (χ3n) is 2.71. The Hall–Kier alpha value is -1.29. The number of aryl methyl sites for hydroxylation is 1. The summed E-state index contributed by atoms with van der Waals surface area (Å²) in [7, 11) is 0. The highest BCUT2D eigenvalue weighted by atomic mass is 35.5. The first-order valence-electron chi connectivity index (χ1n) is 5.12. The average Bonchev–Trinajstić information content (AvgIpc) is 2.14. The summed E-state index contributed by atoms with van der Waals surface area (Å²) in [5.74, 6) is 0.346. The molecule has 5 heteroatoms. The molecular weight excluding hydrogens is 230 g/mol. The highest BCUT2D eigenvalue weighted by molar-refractivity contribution is 6.21. The van der Waals surface area contributed by atoms with Gasteiger partial charge in [0.2, 0.25) is 0 Å². The van der Waals surface area contributed by atoms with Gasteiger partial charge in [0.15, 0.2) is 5.75 Å². The topological polar surface area (TPSA) is 52.4 Å². The molecule has 2 rings (SSSR count). The van der Waals surface area contributed by atoms with Gasteiger partial charge in [-0.2, -0.15) is 0 Å². The lowest BCUT2D eigenvalue weighted by molar-refractivity contribution is -0.386. The Morgan fingerprint density at radius 1 is 1.50 bits per heavy atom. The van der Waals surface area contributed by atoms with Crippen LogP contribution in [0.4, 0.5) is 5.69 Å². The number of ether oxygens (including phenoxy) is 1. The molecule has 0 bridgehead atoms. The second-order valence-electron chi connectivity index (χ2n) is 3.99. The number of benzene rings is 1. The Balaban J connectivity index is 2.19. The molecule has 1 aliphatic rings. The molecule has 0 unspecified atom stereocenters. The van der Waals surface area contributed by atoms with Crippen LogP contribution in [0.25, 0.3) is 0 Å². The maximum atomic E-state index is 10.9. The molecule has 1 fully saturated rings. The van der Waals surface area contributed by atoms with E-state index < -0.39 is 4.92 Å². The Morgan fingerprint density at radius 2 is 2.19 bits per heavy atom. The van der Waals surface area contributed by atoms with Crippen molar-refractivity contribution in [2.24, 2.45) is 0 Å². The fraction of sp³-hybridized carbons (Fsp3) is 0.455. The van der Waals surface area contributed by atoms with Crippen molar-refractivity contribution in [2.75, 3.05) is 0 Å². The number of hydrogen-bond donors (Lipinski definition) is 0. The van der Waals surface area contributed by atoms with Crippen LogP contribution in [0.3, 0.4) is 0 Å². The molecule has 0 saturated heterocycles. The van der Waals surface area contributed by atoms with Crippen molar-refractivity contribution in [3.8, 4) is 5.75 Å². The van der Waals surface area contributed by atoms with E-state index in [1.807, 2.05) is 0 Å². The first-order valence-corrected chi connectivity index (χ1v) is 5.56. The van der Waals surface area contributed by atoms with E-state index in [-0.39, 0.29) is 17.2 Å². The zero-order valence-corrected chi connectivity index (χ0v) is 9.61. The minimum absolute atomic E-state index is 0.0167. The van der Waals surface area contributed by atoms with E-state index in [1.54, 1.807) is 25.1 Å². The summed E-state index contributed by atoms with van der Waals surface area (Å²) in [4.78, 5) is 10.5. The van der Waals surface area contributed by atoms with Gasteiger partial charge in [-0.25, -0.2) is 0 Å². The van der Waals surface area contributed by atoms with Gasteiger partial charge in [-0.3, -0.25) is 10.1 Å². The van der Waals surface area contributed by atoms with Crippen molar-refractivity contribution in [1.82, 2.24) is 0 Å². The summed E-state index contributed by atoms with van der Waals surface area (Å²) < 4.78 is 5.57. The van der Waals surface area contributed by atoms with Crippen molar-refractivity contribution < 1.29 is 9.66 Å². The SMILES string of the molecule is Cc1cccc(OC2CC(Cl)C2)c1[N+](=O)[O-]. The fourth-order valence-corrected chi connectivity index (χ4v) is 2.14. The van der Waals surface area contributed by atoms with E-state index in [4.69, 9.17) is 16.3 Å². The number of nitro benzene ring substituents is 1. The van der Waals surface area contributed by atoms with E-state index in [1.165, 1.54) is 0 Å². The standard InChI is InChI=1S/C11H12ClNO3/c1-7-3-2-4-10(11(7)13(14)15)16-9-5-8(12)6-9/h2-4,8-9H,5-6H2,1H3. The normalized spacial score (nSPS) is 23.6. The molecular formula is C11H12ClNO3. The molecule has 1 aromatic rings. The van der Waals surface area contributed by atoms with E-state index >= 15 is 0 Å². The zero-order valence-electron chi connectivity index (χ0n) is 8.85. The van der Waals surface area contributed by atoms with Crippen molar-refractivity contribution in [3.05, 3.63) is 33.9 Å². The van der Waals surface area contributed by atoms with E-state index in [2.05, 4.69) is 0 Å². The zero-order chi connectivity index (χ0) is 11.7. The minimum atomic E-state index is -0.401. The maximum Gasteiger partial charge on any atom is 0.313 e. The number of rotatable bonds is 3. The summed E-state index contributed by atoms with van der Waals surface area (Å²) in [5, 5.41) is 11.0. The van der Waals surface area contributed by atoms with Crippen LogP contribution < -0.4 is 4.74 Å². The highest BCUT2D eigenvalue weighted by Gasteiger charge is 2.31. The van der Waals surface area contributed by atoms with Crippen LogP contribution >= 0.6 is 11.6 Å². The molecule has 0 aromatic heterocycles. The third kappa shape index (κ3) is 2.11. The smallest absolute Gasteiger partial charge is 0.313 e. The molecule has 16 heavy (non-hydrogen) atoms. The van der Waals surface area contributed by atoms with Crippen LogP contribution in [0.15, 0.2) is 18.2 Å². The van der Waals surface area contributed by atoms with Gasteiger partial charge in [-0.1, -0.05) is 12.1 Å². The number of para-hydroxylation sites is 1. The summed E-state index contributed by atoms with van der Waals surface area (Å²) in [6.45, 7) is 1.70. The van der Waals surface area contributed by atoms with Crippen LogP contribution in [-0.2, 0) is 0 Å². The van der Waals surface area contributed by atoms with Gasteiger partial charge in [0.1, 0.15) is 6.10 Å². The van der Waals surface area contributed by atoms with Gasteiger partial charge in [-0.05, 0) is 13.0 Å². The van der Waals surface area contributed by atoms with Gasteiger partial charge in [0, 0.05) is 23.8 Å². The molecule has 4 nitrogen and oxygen atoms in total. The van der Waals surface area contributed by atoms with Crippen molar-refractivity contribution in [3.63, 3.8) is 0 Å². The Morgan fingerprint density at radius 3 is 2.75 bits per heavy atom. The van der Waals surface area contributed by atoms with E-state index in [9.17, 15) is 10.1 Å². The predicted molar refractivity (Wildman–Crippen MR) is 61.1 cm³/mol. The second kappa shape index (κ2) is 4.29. The first-order chi connectivity index (χ1) is 7.58. The molecule has 0 amide bonds. The van der Waals surface area contributed by atoms with Crippen LogP contribution in [0.1, 0.15) is 18.4 Å². The summed E-state index contributed by atoms with van der Waals surface area (Å²) >= 11 is 5.83. The number of nitro groups is 1. The Kier molecular flexibility index (Phi) is 3.01. The molecule has 0 heterocycles. The summed E-state index contributed by atoms with van der Waals surface area (Å²) in [6, 6.07) is 5.09. The third-order valence-corrected chi connectivity index (χ3v) is 3.07. The fourth-order valence-electron chi connectivity index (χ4n) is 1.74. The number of hydrogen-bond acceptors (Lipinski definition) is 3. The molecule has 1 saturated carbocycles. The molecule has 0 atom stereocenters. The van der Waals surface area contributed by atoms with Gasteiger partial charge in [0.05, 0.1) is 4.92 Å². The first kappa shape index (κ1) is 11.2. The van der Waals surface area contributed by atoms with Crippen molar-refractivity contribution >= 4 is 17.3 Å². The Bertz CT molecular complexity index is 416. The quantitative estimate of drug-likeness (QED) is 0.464. The molecule has 0 spiro atoms. The highest BCUT2D eigenvalue weighted by Crippen LogP contribution is 2.35. The average molecular weight is 242 g/mol. The Labute approximate surface area is 98.3 Å². The lowest BCUT2D eigenvalue weighted by atomic mass is 9.95. The summed E-state index contributed by atoms with van der Waals surface area (Å²) in [5.41, 5.74) is 0.671. The van der Waals surface area contributed by atoms with Gasteiger partial charge in [-0.15, -0.1) is 11.6 Å². The molecule has 0 N–H and O–H groups in total. The molecule has 1 aromatic carbocycles. The molecule has 0 radical (unpaired) electrons.